The topological polar surface area (TPSA) is 123 Å². The van der Waals surface area contributed by atoms with Crippen LogP contribution in [0.3, 0.4) is 0 Å². The third kappa shape index (κ3) is 12.5. The van der Waals surface area contributed by atoms with E-state index in [1.807, 2.05) is 0 Å². The lowest BCUT2D eigenvalue weighted by molar-refractivity contribution is -0.117. The molecule has 0 aliphatic carbocycles. The van der Waals surface area contributed by atoms with Crippen molar-refractivity contribution in [1.29, 1.82) is 0 Å². The van der Waals surface area contributed by atoms with E-state index >= 15 is 0 Å². The van der Waals surface area contributed by atoms with Crippen LogP contribution >= 0.6 is 0 Å². The molecule has 0 saturated heterocycles. The van der Waals surface area contributed by atoms with Gasteiger partial charge in [-0.25, -0.2) is 9.59 Å². The molecule has 0 heterocycles. The van der Waals surface area contributed by atoms with Crippen LogP contribution in [0.25, 0.3) is 0 Å². The first-order valence-electron chi connectivity index (χ1n) is 6.47. The molecule has 0 aromatic carbocycles. The zero-order chi connectivity index (χ0) is 15.6. The molecule has 8 nitrogen and oxygen atoms in total. The highest BCUT2D eigenvalue weighted by atomic mass is 16.6. The number of carbonyl (C=O) groups is 3. The number of ether oxygens (including phenoxy) is 1. The van der Waals surface area contributed by atoms with Gasteiger partial charge in [-0.1, -0.05) is 0 Å². The number of alkyl carbamates (subject to hydrolysis) is 1. The third-order valence-electron chi connectivity index (χ3n) is 1.98. The minimum atomic E-state index is -0.596. The highest BCUT2D eigenvalue weighted by Crippen LogP contribution is 2.06. The Hall–Kier alpha value is -1.99. The molecule has 0 bridgehead atoms. The van der Waals surface area contributed by atoms with Crippen LogP contribution in [0.4, 0.5) is 9.59 Å². The van der Waals surface area contributed by atoms with Crippen molar-refractivity contribution in [3.8, 4) is 0 Å². The maximum Gasteiger partial charge on any atom is 0.407 e. The zero-order valence-electron chi connectivity index (χ0n) is 12.2. The first-order valence-corrected chi connectivity index (χ1v) is 6.47. The summed E-state index contributed by atoms with van der Waals surface area (Å²) in [6.07, 6.45) is 0.944. The number of urea groups is 1. The summed E-state index contributed by atoms with van der Waals surface area (Å²) >= 11 is 0. The lowest BCUT2D eigenvalue weighted by Gasteiger charge is -2.19. The number of primary amides is 1. The predicted molar refractivity (Wildman–Crippen MR) is 74.1 cm³/mol. The van der Waals surface area contributed by atoms with Crippen molar-refractivity contribution in [2.45, 2.75) is 39.2 Å². The first-order chi connectivity index (χ1) is 9.20. The first kappa shape index (κ1) is 18.0. The molecule has 8 heteroatoms. The van der Waals surface area contributed by atoms with E-state index in [9.17, 15) is 14.4 Å². The lowest BCUT2D eigenvalue weighted by Crippen LogP contribution is -2.40. The van der Waals surface area contributed by atoms with Crippen LogP contribution in [-0.4, -0.2) is 43.3 Å². The Kier molecular flexibility index (Phi) is 8.10. The van der Waals surface area contributed by atoms with Crippen LogP contribution in [0.15, 0.2) is 0 Å². The molecule has 5 N–H and O–H groups in total. The second kappa shape index (κ2) is 9.00. The van der Waals surface area contributed by atoms with E-state index in [2.05, 4.69) is 16.0 Å². The summed E-state index contributed by atoms with van der Waals surface area (Å²) < 4.78 is 5.06. The fourth-order valence-electron chi connectivity index (χ4n) is 1.19. The molecule has 0 radical (unpaired) electrons. The maximum atomic E-state index is 11.3. The Balaban J connectivity index is 3.47. The molecule has 0 atom stereocenters. The fourth-order valence-corrected chi connectivity index (χ4v) is 1.19. The Morgan fingerprint density at radius 1 is 1.00 bits per heavy atom. The van der Waals surface area contributed by atoms with Crippen molar-refractivity contribution in [2.24, 2.45) is 5.73 Å². The van der Waals surface area contributed by atoms with E-state index in [0.29, 0.717) is 25.9 Å². The zero-order valence-corrected chi connectivity index (χ0v) is 12.2. The van der Waals surface area contributed by atoms with Gasteiger partial charge >= 0.3 is 12.1 Å². The Morgan fingerprint density at radius 2 is 1.55 bits per heavy atom. The number of rotatable bonds is 7. The summed E-state index contributed by atoms with van der Waals surface area (Å²) in [4.78, 5) is 32.8. The minimum Gasteiger partial charge on any atom is -0.444 e. The molecule has 0 rings (SSSR count). The lowest BCUT2D eigenvalue weighted by atomic mass is 10.2. The highest BCUT2D eigenvalue weighted by Gasteiger charge is 2.15. The van der Waals surface area contributed by atoms with Crippen LogP contribution < -0.4 is 21.7 Å². The average Bonchev–Trinajstić information content (AvgIpc) is 2.28. The predicted octanol–water partition coefficient (Wildman–Crippen LogP) is 0.0758. The molecular weight excluding hydrogens is 264 g/mol. The molecule has 4 amide bonds. The molecule has 0 unspecified atom stereocenters. The van der Waals surface area contributed by atoms with Gasteiger partial charge in [-0.2, -0.15) is 0 Å². The van der Waals surface area contributed by atoms with Gasteiger partial charge < -0.3 is 26.4 Å². The largest absolute Gasteiger partial charge is 0.444 e. The number of amides is 4. The normalized spacial score (nSPS) is 10.6. The van der Waals surface area contributed by atoms with Crippen LogP contribution in [0.1, 0.15) is 33.6 Å². The Bertz CT molecular complexity index is 339. The van der Waals surface area contributed by atoms with Gasteiger partial charge in [0.05, 0.1) is 6.54 Å². The van der Waals surface area contributed by atoms with E-state index in [-0.39, 0.29) is 6.54 Å². The van der Waals surface area contributed by atoms with Gasteiger partial charge in [0.15, 0.2) is 0 Å². The third-order valence-corrected chi connectivity index (χ3v) is 1.98. The molecule has 0 fully saturated rings. The van der Waals surface area contributed by atoms with Gasteiger partial charge in [-0.05, 0) is 33.6 Å². The molecule has 0 spiro atoms. The van der Waals surface area contributed by atoms with Gasteiger partial charge in [0.2, 0.25) is 5.91 Å². The van der Waals surface area contributed by atoms with Crippen LogP contribution in [-0.2, 0) is 9.53 Å². The second-order valence-electron chi connectivity index (χ2n) is 5.21. The van der Waals surface area contributed by atoms with Crippen LogP contribution in [0.5, 0.6) is 0 Å². The quantitative estimate of drug-likeness (QED) is 0.495. The summed E-state index contributed by atoms with van der Waals surface area (Å²) in [5.74, 6) is -0.596. The van der Waals surface area contributed by atoms with Gasteiger partial charge in [-0.15, -0.1) is 0 Å². The van der Waals surface area contributed by atoms with Crippen molar-refractivity contribution in [3.63, 3.8) is 0 Å². The van der Waals surface area contributed by atoms with E-state index < -0.39 is 23.6 Å². The van der Waals surface area contributed by atoms with E-state index in [4.69, 9.17) is 10.5 Å². The highest BCUT2D eigenvalue weighted by molar-refractivity contribution is 5.82. The molecule has 0 aliphatic heterocycles. The van der Waals surface area contributed by atoms with Crippen molar-refractivity contribution in [2.75, 3.05) is 19.6 Å². The second-order valence-corrected chi connectivity index (χ2v) is 5.21. The minimum absolute atomic E-state index is 0.188. The summed E-state index contributed by atoms with van der Waals surface area (Å²) in [5.41, 5.74) is 4.36. The molecule has 0 saturated carbocycles. The molecule has 0 aliphatic rings. The number of nitrogens with one attached hydrogen (secondary N) is 3. The van der Waals surface area contributed by atoms with Crippen molar-refractivity contribution >= 4 is 18.0 Å². The van der Waals surface area contributed by atoms with Crippen LogP contribution in [0, 0.1) is 0 Å². The van der Waals surface area contributed by atoms with E-state index in [1.165, 1.54) is 0 Å². The molecular formula is C12H24N4O4. The summed E-state index contributed by atoms with van der Waals surface area (Å²) in [7, 11) is 0. The average molecular weight is 288 g/mol. The summed E-state index contributed by atoms with van der Waals surface area (Å²) in [5, 5.41) is 7.48. The van der Waals surface area contributed by atoms with Gasteiger partial charge in [0, 0.05) is 13.1 Å². The summed E-state index contributed by atoms with van der Waals surface area (Å²) in [6, 6.07) is -0.441. The monoisotopic (exact) mass is 288 g/mol. The standard InChI is InChI=1S/C12H24N4O4/c1-12(2,3)20-11(19)15-7-5-4-6-14-10(18)16-8-9(13)17/h4-8H2,1-3H3,(H2,13,17)(H,15,19)(H2,14,16,18). The Labute approximate surface area is 118 Å². The SMILES string of the molecule is CC(C)(C)OC(=O)NCCCCNC(=O)NCC(N)=O. The van der Waals surface area contributed by atoms with Crippen molar-refractivity contribution in [1.82, 2.24) is 16.0 Å². The summed E-state index contributed by atoms with van der Waals surface area (Å²) in [6.45, 7) is 6.11. The van der Waals surface area contributed by atoms with E-state index in [1.54, 1.807) is 20.8 Å². The van der Waals surface area contributed by atoms with Gasteiger partial charge in [0.25, 0.3) is 0 Å². The van der Waals surface area contributed by atoms with Crippen molar-refractivity contribution < 1.29 is 19.1 Å². The number of carbonyl (C=O) groups excluding carboxylic acids is 3. The van der Waals surface area contributed by atoms with Crippen molar-refractivity contribution in [3.05, 3.63) is 0 Å². The molecule has 0 aromatic heterocycles. The number of nitrogens with two attached hydrogens (primary N) is 1. The van der Waals surface area contributed by atoms with Crippen LogP contribution in [0.2, 0.25) is 0 Å². The van der Waals surface area contributed by atoms with Gasteiger partial charge in [-0.3, -0.25) is 4.79 Å². The molecule has 20 heavy (non-hydrogen) atoms. The van der Waals surface area contributed by atoms with E-state index in [0.717, 1.165) is 0 Å². The maximum absolute atomic E-state index is 11.3. The smallest absolute Gasteiger partial charge is 0.407 e. The number of unbranched alkanes of at least 4 members (excludes halogenated alkanes) is 1. The Morgan fingerprint density at radius 3 is 2.05 bits per heavy atom. The fraction of sp³-hybridized carbons (Fsp3) is 0.750. The number of hydrogen-bond donors (Lipinski definition) is 4. The van der Waals surface area contributed by atoms with Gasteiger partial charge in [0.1, 0.15) is 5.60 Å². The molecule has 116 valence electrons. The molecule has 0 aromatic rings. The number of hydrogen-bond acceptors (Lipinski definition) is 4.